The molecule has 1 aromatic rings. The summed E-state index contributed by atoms with van der Waals surface area (Å²) < 4.78 is 0. The van der Waals surface area contributed by atoms with E-state index in [-0.39, 0.29) is 0 Å². The van der Waals surface area contributed by atoms with E-state index in [1.807, 2.05) is 6.20 Å². The van der Waals surface area contributed by atoms with Crippen LogP contribution in [0.5, 0.6) is 0 Å². The smallest absolute Gasteiger partial charge is 0.188 e. The zero-order valence-electron chi connectivity index (χ0n) is 16.6. The number of guanidine groups is 1. The molecule has 0 radical (unpaired) electrons. The fourth-order valence-electron chi connectivity index (χ4n) is 3.09. The monoisotopic (exact) mass is 360 g/mol. The van der Waals surface area contributed by atoms with Crippen molar-refractivity contribution in [1.82, 2.24) is 15.2 Å². The van der Waals surface area contributed by atoms with E-state index in [2.05, 4.69) is 51.2 Å². The molecular weight excluding hydrogens is 324 g/mol. The molecule has 3 N–H and O–H groups in total. The largest absolute Gasteiger partial charge is 0.370 e. The van der Waals surface area contributed by atoms with Crippen LogP contribution in [0.3, 0.4) is 0 Å². The third-order valence-electron chi connectivity index (χ3n) is 4.90. The lowest BCUT2D eigenvalue weighted by atomic mass is 10.1. The molecule has 1 saturated heterocycles. The fraction of sp³-hybridized carbons (Fsp3) is 0.700. The standard InChI is InChI=1S/C20H36N6/c1-3-4-5-6-7-8-11-22-20(21)24-17-18-9-10-19(23-16-18)26-14-12-25(2)13-15-26/h9-10,16H,3-8,11-15,17H2,1-2H3,(H3,21,22,24). The van der Waals surface area contributed by atoms with Crippen LogP contribution in [-0.4, -0.2) is 55.6 Å². The van der Waals surface area contributed by atoms with Crippen LogP contribution in [-0.2, 0) is 6.54 Å². The van der Waals surface area contributed by atoms with E-state index >= 15 is 0 Å². The van der Waals surface area contributed by atoms with Crippen molar-refractivity contribution in [2.24, 2.45) is 10.7 Å². The lowest BCUT2D eigenvalue weighted by Gasteiger charge is -2.33. The second-order valence-electron chi connectivity index (χ2n) is 7.21. The van der Waals surface area contributed by atoms with E-state index in [9.17, 15) is 0 Å². The molecule has 0 amide bonds. The molecule has 0 atom stereocenters. The number of nitrogens with two attached hydrogens (primary N) is 1. The summed E-state index contributed by atoms with van der Waals surface area (Å²) in [5.41, 5.74) is 7.04. The number of nitrogens with zero attached hydrogens (tertiary/aromatic N) is 4. The molecule has 0 bridgehead atoms. The highest BCUT2D eigenvalue weighted by atomic mass is 15.3. The second kappa shape index (κ2) is 11.7. The number of aliphatic imine (C=N–C) groups is 1. The van der Waals surface area contributed by atoms with Gasteiger partial charge in [0.05, 0.1) is 6.54 Å². The molecule has 0 aliphatic carbocycles. The molecule has 2 heterocycles. The molecule has 0 spiro atoms. The van der Waals surface area contributed by atoms with Gasteiger partial charge in [-0.05, 0) is 25.1 Å². The molecular formula is C20H36N6. The Morgan fingerprint density at radius 1 is 1.12 bits per heavy atom. The number of hydrogen-bond acceptors (Lipinski definition) is 4. The van der Waals surface area contributed by atoms with E-state index in [0.29, 0.717) is 12.5 Å². The predicted octanol–water partition coefficient (Wildman–Crippen LogP) is 2.60. The van der Waals surface area contributed by atoms with E-state index in [4.69, 9.17) is 5.73 Å². The first kappa shape index (κ1) is 20.5. The van der Waals surface area contributed by atoms with Crippen LogP contribution in [0.4, 0.5) is 5.82 Å². The first-order valence-electron chi connectivity index (χ1n) is 10.1. The van der Waals surface area contributed by atoms with Gasteiger partial charge >= 0.3 is 0 Å². The van der Waals surface area contributed by atoms with Crippen LogP contribution in [0.15, 0.2) is 23.3 Å². The van der Waals surface area contributed by atoms with Crippen molar-refractivity contribution in [1.29, 1.82) is 0 Å². The van der Waals surface area contributed by atoms with Crippen LogP contribution >= 0.6 is 0 Å². The molecule has 1 aliphatic heterocycles. The number of nitrogens with one attached hydrogen (secondary N) is 1. The number of anilines is 1. The Morgan fingerprint density at radius 3 is 2.54 bits per heavy atom. The molecule has 0 aromatic carbocycles. The van der Waals surface area contributed by atoms with Crippen molar-refractivity contribution in [3.05, 3.63) is 23.9 Å². The van der Waals surface area contributed by atoms with Crippen LogP contribution < -0.4 is 16.0 Å². The summed E-state index contributed by atoms with van der Waals surface area (Å²) in [6.07, 6.45) is 9.63. The zero-order chi connectivity index (χ0) is 18.6. The number of rotatable bonds is 10. The van der Waals surface area contributed by atoms with Crippen LogP contribution in [0.25, 0.3) is 0 Å². The van der Waals surface area contributed by atoms with Gasteiger partial charge in [-0.25, -0.2) is 9.98 Å². The minimum atomic E-state index is 0.529. The second-order valence-corrected chi connectivity index (χ2v) is 7.21. The molecule has 1 aromatic heterocycles. The van der Waals surface area contributed by atoms with Crippen LogP contribution in [0, 0.1) is 0 Å². The first-order chi connectivity index (χ1) is 12.7. The van der Waals surface area contributed by atoms with Gasteiger partial charge in [-0.2, -0.15) is 0 Å². The molecule has 1 fully saturated rings. The van der Waals surface area contributed by atoms with Crippen molar-refractivity contribution in [2.75, 3.05) is 44.7 Å². The van der Waals surface area contributed by atoms with Crippen molar-refractivity contribution in [3.8, 4) is 0 Å². The van der Waals surface area contributed by atoms with Gasteiger partial charge in [-0.3, -0.25) is 0 Å². The Morgan fingerprint density at radius 2 is 1.85 bits per heavy atom. The van der Waals surface area contributed by atoms with Gasteiger partial charge in [0.25, 0.3) is 0 Å². The van der Waals surface area contributed by atoms with Crippen molar-refractivity contribution in [3.63, 3.8) is 0 Å². The first-order valence-corrected chi connectivity index (χ1v) is 10.1. The number of unbranched alkanes of at least 4 members (excludes halogenated alkanes) is 5. The number of likely N-dealkylation sites (N-methyl/N-ethyl adjacent to an activating group) is 1. The highest BCUT2D eigenvalue weighted by Crippen LogP contribution is 2.14. The third kappa shape index (κ3) is 7.60. The molecule has 0 unspecified atom stereocenters. The van der Waals surface area contributed by atoms with Gasteiger partial charge in [0.2, 0.25) is 0 Å². The van der Waals surface area contributed by atoms with Gasteiger partial charge in [0.1, 0.15) is 5.82 Å². The average Bonchev–Trinajstić information content (AvgIpc) is 2.67. The fourth-order valence-corrected chi connectivity index (χ4v) is 3.09. The van der Waals surface area contributed by atoms with E-state index in [0.717, 1.165) is 50.5 Å². The third-order valence-corrected chi connectivity index (χ3v) is 4.90. The average molecular weight is 361 g/mol. The summed E-state index contributed by atoms with van der Waals surface area (Å²) in [5.74, 6) is 1.58. The number of hydrogen-bond donors (Lipinski definition) is 2. The van der Waals surface area contributed by atoms with Crippen LogP contribution in [0.2, 0.25) is 0 Å². The highest BCUT2D eigenvalue weighted by Gasteiger charge is 2.14. The Hall–Kier alpha value is -1.82. The number of aromatic nitrogens is 1. The summed E-state index contributed by atoms with van der Waals surface area (Å²) >= 11 is 0. The zero-order valence-corrected chi connectivity index (χ0v) is 16.6. The maximum atomic E-state index is 5.95. The Labute approximate surface area is 158 Å². The maximum Gasteiger partial charge on any atom is 0.188 e. The molecule has 6 nitrogen and oxygen atoms in total. The number of piperazine rings is 1. The molecule has 146 valence electrons. The van der Waals surface area contributed by atoms with E-state index in [1.165, 1.54) is 32.1 Å². The normalized spacial score (nSPS) is 16.1. The molecule has 0 saturated carbocycles. The lowest BCUT2D eigenvalue weighted by molar-refractivity contribution is 0.312. The molecule has 6 heteroatoms. The predicted molar refractivity (Wildman–Crippen MR) is 111 cm³/mol. The van der Waals surface area contributed by atoms with Crippen molar-refractivity contribution in [2.45, 2.75) is 52.0 Å². The van der Waals surface area contributed by atoms with Crippen molar-refractivity contribution < 1.29 is 0 Å². The maximum absolute atomic E-state index is 5.95. The van der Waals surface area contributed by atoms with Gasteiger partial charge in [0.15, 0.2) is 5.96 Å². The SMILES string of the molecule is CCCCCCCCNC(N)=NCc1ccc(N2CCN(C)CC2)nc1. The Kier molecular flexibility index (Phi) is 9.24. The molecule has 2 rings (SSSR count). The van der Waals surface area contributed by atoms with Gasteiger partial charge in [-0.1, -0.05) is 45.1 Å². The van der Waals surface area contributed by atoms with Crippen LogP contribution in [0.1, 0.15) is 51.0 Å². The minimum Gasteiger partial charge on any atom is -0.370 e. The summed E-state index contributed by atoms with van der Waals surface area (Å²) in [5, 5.41) is 3.21. The van der Waals surface area contributed by atoms with Gasteiger partial charge in [0, 0.05) is 38.9 Å². The van der Waals surface area contributed by atoms with E-state index in [1.54, 1.807) is 0 Å². The van der Waals surface area contributed by atoms with Gasteiger partial charge in [-0.15, -0.1) is 0 Å². The Balaban J connectivity index is 1.65. The molecule has 26 heavy (non-hydrogen) atoms. The van der Waals surface area contributed by atoms with E-state index < -0.39 is 0 Å². The molecule has 1 aliphatic rings. The van der Waals surface area contributed by atoms with Crippen molar-refractivity contribution >= 4 is 11.8 Å². The summed E-state index contributed by atoms with van der Waals surface area (Å²) in [6, 6.07) is 4.20. The van der Waals surface area contributed by atoms with Gasteiger partial charge < -0.3 is 20.9 Å². The Bertz CT molecular complexity index is 520. The summed E-state index contributed by atoms with van der Waals surface area (Å²) in [4.78, 5) is 13.7. The number of pyridine rings is 1. The minimum absolute atomic E-state index is 0.529. The quantitative estimate of drug-likeness (QED) is 0.381. The topological polar surface area (TPSA) is 69.8 Å². The summed E-state index contributed by atoms with van der Waals surface area (Å²) in [6.45, 7) is 7.98. The lowest BCUT2D eigenvalue weighted by Crippen LogP contribution is -2.44. The summed E-state index contributed by atoms with van der Waals surface area (Å²) in [7, 11) is 2.16. The highest BCUT2D eigenvalue weighted by molar-refractivity contribution is 5.77.